The zero-order valence-electron chi connectivity index (χ0n) is 9.13. The van der Waals surface area contributed by atoms with Gasteiger partial charge in [0.25, 0.3) is 0 Å². The number of nitrogens with two attached hydrogens (primary N) is 1. The SMILES string of the molecule is Cc1nc(CNc2cc(F)cc(F)c2N)cs1. The van der Waals surface area contributed by atoms with Gasteiger partial charge in [-0.05, 0) is 13.0 Å². The summed E-state index contributed by atoms with van der Waals surface area (Å²) in [5.74, 6) is -1.42. The van der Waals surface area contributed by atoms with Crippen LogP contribution in [0.4, 0.5) is 20.2 Å². The Hall–Kier alpha value is -1.69. The maximum Gasteiger partial charge on any atom is 0.151 e. The predicted molar refractivity (Wildman–Crippen MR) is 64.9 cm³/mol. The maximum absolute atomic E-state index is 13.2. The lowest BCUT2D eigenvalue weighted by Crippen LogP contribution is -2.05. The van der Waals surface area contributed by atoms with Crippen LogP contribution >= 0.6 is 11.3 Å². The number of hydrogen-bond acceptors (Lipinski definition) is 4. The molecule has 2 rings (SSSR count). The molecule has 90 valence electrons. The molecular weight excluding hydrogens is 244 g/mol. The Labute approximate surface area is 101 Å². The highest BCUT2D eigenvalue weighted by molar-refractivity contribution is 7.09. The van der Waals surface area contributed by atoms with Crippen LogP contribution in [0.3, 0.4) is 0 Å². The normalized spacial score (nSPS) is 10.5. The van der Waals surface area contributed by atoms with E-state index in [2.05, 4.69) is 10.3 Å². The Morgan fingerprint density at radius 2 is 2.18 bits per heavy atom. The molecule has 0 aliphatic heterocycles. The van der Waals surface area contributed by atoms with Crippen LogP contribution in [0, 0.1) is 18.6 Å². The van der Waals surface area contributed by atoms with E-state index >= 15 is 0 Å². The summed E-state index contributed by atoms with van der Waals surface area (Å²) >= 11 is 1.52. The second kappa shape index (κ2) is 4.67. The Balaban J connectivity index is 2.14. The number of benzene rings is 1. The summed E-state index contributed by atoms with van der Waals surface area (Å²) in [7, 11) is 0. The summed E-state index contributed by atoms with van der Waals surface area (Å²) in [6.07, 6.45) is 0. The number of aromatic nitrogens is 1. The van der Waals surface area contributed by atoms with Gasteiger partial charge in [-0.3, -0.25) is 0 Å². The topological polar surface area (TPSA) is 50.9 Å². The summed E-state index contributed by atoms with van der Waals surface area (Å²) in [4.78, 5) is 4.23. The number of anilines is 2. The van der Waals surface area contributed by atoms with Gasteiger partial charge in [0.05, 0.1) is 28.6 Å². The van der Waals surface area contributed by atoms with E-state index in [4.69, 9.17) is 5.73 Å². The first-order valence-electron chi connectivity index (χ1n) is 4.95. The Bertz CT molecular complexity index is 540. The molecule has 0 atom stereocenters. The van der Waals surface area contributed by atoms with Gasteiger partial charge in [0.1, 0.15) is 5.82 Å². The van der Waals surface area contributed by atoms with E-state index in [0.717, 1.165) is 22.8 Å². The van der Waals surface area contributed by atoms with Crippen molar-refractivity contribution in [3.05, 3.63) is 39.8 Å². The molecule has 0 amide bonds. The highest BCUT2D eigenvalue weighted by Crippen LogP contribution is 2.24. The van der Waals surface area contributed by atoms with Crippen molar-refractivity contribution in [2.75, 3.05) is 11.1 Å². The van der Waals surface area contributed by atoms with Crippen LogP contribution in [0.5, 0.6) is 0 Å². The van der Waals surface area contributed by atoms with Gasteiger partial charge in [0.2, 0.25) is 0 Å². The van der Waals surface area contributed by atoms with Gasteiger partial charge in [0.15, 0.2) is 5.82 Å². The van der Waals surface area contributed by atoms with E-state index in [1.807, 2.05) is 12.3 Å². The molecule has 0 radical (unpaired) electrons. The molecule has 0 bridgehead atoms. The lowest BCUT2D eigenvalue weighted by atomic mass is 10.2. The number of rotatable bonds is 3. The highest BCUT2D eigenvalue weighted by atomic mass is 32.1. The number of nitrogens with one attached hydrogen (secondary N) is 1. The lowest BCUT2D eigenvalue weighted by Gasteiger charge is -2.08. The van der Waals surface area contributed by atoms with Crippen LogP contribution in [0.15, 0.2) is 17.5 Å². The quantitative estimate of drug-likeness (QED) is 0.829. The molecule has 0 saturated heterocycles. The fourth-order valence-electron chi connectivity index (χ4n) is 1.41. The van der Waals surface area contributed by atoms with E-state index in [1.165, 1.54) is 11.3 Å². The number of aryl methyl sites for hydroxylation is 1. The smallest absolute Gasteiger partial charge is 0.151 e. The zero-order chi connectivity index (χ0) is 12.4. The standard InChI is InChI=1S/C11H11F2N3S/c1-6-16-8(5-17-6)4-15-10-3-7(12)2-9(13)11(10)14/h2-3,5,15H,4,14H2,1H3. The van der Waals surface area contributed by atoms with Crippen molar-refractivity contribution in [1.82, 2.24) is 4.98 Å². The van der Waals surface area contributed by atoms with Crippen molar-refractivity contribution >= 4 is 22.7 Å². The van der Waals surface area contributed by atoms with Gasteiger partial charge in [-0.15, -0.1) is 11.3 Å². The molecule has 0 aliphatic carbocycles. The maximum atomic E-state index is 13.2. The monoisotopic (exact) mass is 255 g/mol. The zero-order valence-corrected chi connectivity index (χ0v) is 9.94. The Morgan fingerprint density at radius 1 is 1.41 bits per heavy atom. The Kier molecular flexibility index (Phi) is 3.23. The Morgan fingerprint density at radius 3 is 2.82 bits per heavy atom. The fraction of sp³-hybridized carbons (Fsp3) is 0.182. The average molecular weight is 255 g/mol. The molecule has 3 N–H and O–H groups in total. The van der Waals surface area contributed by atoms with Gasteiger partial charge in [-0.2, -0.15) is 0 Å². The van der Waals surface area contributed by atoms with Crippen LogP contribution in [0.2, 0.25) is 0 Å². The molecule has 0 fully saturated rings. The molecule has 17 heavy (non-hydrogen) atoms. The molecule has 1 heterocycles. The first kappa shape index (κ1) is 11.8. The molecule has 2 aromatic rings. The summed E-state index contributed by atoms with van der Waals surface area (Å²) in [5, 5.41) is 5.69. The number of halogens is 2. The number of hydrogen-bond donors (Lipinski definition) is 2. The minimum absolute atomic E-state index is 0.0849. The van der Waals surface area contributed by atoms with Gasteiger partial charge in [-0.1, -0.05) is 0 Å². The molecular formula is C11H11F2N3S. The second-order valence-electron chi connectivity index (χ2n) is 3.56. The van der Waals surface area contributed by atoms with E-state index in [1.54, 1.807) is 0 Å². The third-order valence-corrected chi connectivity index (χ3v) is 3.04. The third-order valence-electron chi connectivity index (χ3n) is 2.22. The minimum atomic E-state index is -0.762. The molecule has 0 unspecified atom stereocenters. The van der Waals surface area contributed by atoms with Crippen molar-refractivity contribution in [3.8, 4) is 0 Å². The molecule has 1 aromatic carbocycles. The lowest BCUT2D eigenvalue weighted by molar-refractivity contribution is 0.587. The molecule has 0 spiro atoms. The highest BCUT2D eigenvalue weighted by Gasteiger charge is 2.08. The van der Waals surface area contributed by atoms with E-state index < -0.39 is 11.6 Å². The number of nitrogen functional groups attached to an aromatic ring is 1. The average Bonchev–Trinajstić information content (AvgIpc) is 2.67. The van der Waals surface area contributed by atoms with Crippen molar-refractivity contribution in [1.29, 1.82) is 0 Å². The fourth-order valence-corrected chi connectivity index (χ4v) is 2.02. The van der Waals surface area contributed by atoms with Crippen LogP contribution in [0.25, 0.3) is 0 Å². The van der Waals surface area contributed by atoms with Crippen molar-refractivity contribution in [2.45, 2.75) is 13.5 Å². The van der Waals surface area contributed by atoms with Gasteiger partial charge < -0.3 is 11.1 Å². The van der Waals surface area contributed by atoms with Crippen molar-refractivity contribution in [2.24, 2.45) is 0 Å². The largest absolute Gasteiger partial charge is 0.395 e. The molecule has 3 nitrogen and oxygen atoms in total. The van der Waals surface area contributed by atoms with Crippen LogP contribution in [0.1, 0.15) is 10.7 Å². The van der Waals surface area contributed by atoms with E-state index in [-0.39, 0.29) is 11.4 Å². The summed E-state index contributed by atoms with van der Waals surface area (Å²) in [6, 6.07) is 1.92. The summed E-state index contributed by atoms with van der Waals surface area (Å²) in [6.45, 7) is 2.28. The first-order chi connectivity index (χ1) is 8.06. The summed E-state index contributed by atoms with van der Waals surface area (Å²) in [5.41, 5.74) is 6.47. The van der Waals surface area contributed by atoms with E-state index in [9.17, 15) is 8.78 Å². The van der Waals surface area contributed by atoms with E-state index in [0.29, 0.717) is 6.54 Å². The molecule has 0 saturated carbocycles. The molecule has 6 heteroatoms. The van der Waals surface area contributed by atoms with Gasteiger partial charge >= 0.3 is 0 Å². The third kappa shape index (κ3) is 2.71. The van der Waals surface area contributed by atoms with Crippen LogP contribution in [-0.4, -0.2) is 4.98 Å². The predicted octanol–water partition coefficient (Wildman–Crippen LogP) is 2.92. The molecule has 0 aliphatic rings. The van der Waals surface area contributed by atoms with Crippen molar-refractivity contribution < 1.29 is 8.78 Å². The number of nitrogens with zero attached hydrogens (tertiary/aromatic N) is 1. The minimum Gasteiger partial charge on any atom is -0.395 e. The second-order valence-corrected chi connectivity index (χ2v) is 4.62. The number of thiazole rings is 1. The van der Waals surface area contributed by atoms with Crippen LogP contribution < -0.4 is 11.1 Å². The molecule has 1 aromatic heterocycles. The van der Waals surface area contributed by atoms with Crippen molar-refractivity contribution in [3.63, 3.8) is 0 Å². The van der Waals surface area contributed by atoms with Gasteiger partial charge in [-0.25, -0.2) is 13.8 Å². The van der Waals surface area contributed by atoms with Gasteiger partial charge in [0, 0.05) is 11.4 Å². The first-order valence-corrected chi connectivity index (χ1v) is 5.83. The summed E-state index contributed by atoms with van der Waals surface area (Å²) < 4.78 is 26.1. The van der Waals surface area contributed by atoms with Crippen LogP contribution in [-0.2, 0) is 6.54 Å².